The van der Waals surface area contributed by atoms with Crippen LogP contribution in [0.3, 0.4) is 0 Å². The number of allylic oxidation sites excluding steroid dienone is 2. The minimum Gasteiger partial charge on any atom is -0.497 e. The lowest BCUT2D eigenvalue weighted by molar-refractivity contribution is -0.139. The molecule has 0 aliphatic heterocycles. The molecule has 0 radical (unpaired) electrons. The van der Waals surface area contributed by atoms with Gasteiger partial charge in [0.05, 0.1) is 13.0 Å². The van der Waals surface area contributed by atoms with Crippen molar-refractivity contribution in [2.45, 2.75) is 58.0 Å². The van der Waals surface area contributed by atoms with E-state index in [-0.39, 0.29) is 22.6 Å². The minimum absolute atomic E-state index is 0.0111. The summed E-state index contributed by atoms with van der Waals surface area (Å²) in [7, 11) is 1.59. The Hall–Kier alpha value is -3.60. The molecule has 5 heteroatoms. The van der Waals surface area contributed by atoms with E-state index in [1.54, 1.807) is 19.2 Å². The van der Waals surface area contributed by atoms with Crippen LogP contribution in [0, 0.1) is 17.2 Å². The zero-order chi connectivity index (χ0) is 26.7. The first-order valence-electron chi connectivity index (χ1n) is 13.4. The van der Waals surface area contributed by atoms with Crippen molar-refractivity contribution in [3.05, 3.63) is 88.7 Å². The Kier molecular flexibility index (Phi) is 5.86. The number of hydrogen-bond donors (Lipinski definition) is 1. The number of fused-ring (bicyclic) bond motifs is 2. The molecular formula is C33H33FO4. The van der Waals surface area contributed by atoms with Crippen molar-refractivity contribution < 1.29 is 23.8 Å². The molecule has 0 bridgehead atoms. The Bertz CT molecular complexity index is 1470. The van der Waals surface area contributed by atoms with Crippen molar-refractivity contribution in [2.75, 3.05) is 7.11 Å². The summed E-state index contributed by atoms with van der Waals surface area (Å²) in [5.41, 5.74) is 6.78. The van der Waals surface area contributed by atoms with Crippen LogP contribution in [-0.2, 0) is 23.2 Å². The quantitative estimate of drug-likeness (QED) is 0.355. The Balaban J connectivity index is 1.31. The summed E-state index contributed by atoms with van der Waals surface area (Å²) in [5, 5.41) is 9.56. The zero-order valence-electron chi connectivity index (χ0n) is 22.1. The minimum atomic E-state index is -0.701. The topological polar surface area (TPSA) is 55.8 Å². The van der Waals surface area contributed by atoms with E-state index < -0.39 is 5.97 Å². The van der Waals surface area contributed by atoms with Crippen molar-refractivity contribution in [1.82, 2.24) is 0 Å². The first kappa shape index (κ1) is 24.7. The second-order valence-corrected chi connectivity index (χ2v) is 11.6. The van der Waals surface area contributed by atoms with Crippen LogP contribution < -0.4 is 9.47 Å². The van der Waals surface area contributed by atoms with E-state index in [2.05, 4.69) is 38.1 Å². The molecule has 0 unspecified atom stereocenters. The summed E-state index contributed by atoms with van der Waals surface area (Å²) in [6, 6.07) is 17.1. The van der Waals surface area contributed by atoms with E-state index in [1.807, 2.05) is 18.2 Å². The number of aryl methyl sites for hydroxylation is 1. The van der Waals surface area contributed by atoms with Crippen molar-refractivity contribution in [3.8, 4) is 22.6 Å². The van der Waals surface area contributed by atoms with E-state index in [0.717, 1.165) is 60.1 Å². The fraction of sp³-hybridized carbons (Fsp3) is 0.364. The molecule has 1 fully saturated rings. The number of rotatable bonds is 7. The first-order chi connectivity index (χ1) is 18.2. The monoisotopic (exact) mass is 512 g/mol. The molecule has 0 heterocycles. The average Bonchev–Trinajstić information content (AvgIpc) is 3.39. The average molecular weight is 513 g/mol. The van der Waals surface area contributed by atoms with Gasteiger partial charge in [0.25, 0.3) is 0 Å². The van der Waals surface area contributed by atoms with Crippen molar-refractivity contribution in [2.24, 2.45) is 11.3 Å². The lowest BCUT2D eigenvalue weighted by atomic mass is 9.79. The predicted octanol–water partition coefficient (Wildman–Crippen LogP) is 7.57. The highest BCUT2D eigenvalue weighted by atomic mass is 19.1. The largest absolute Gasteiger partial charge is 0.497 e. The molecule has 1 N–H and O–H groups in total. The highest BCUT2D eigenvalue weighted by Crippen LogP contribution is 2.62. The van der Waals surface area contributed by atoms with Gasteiger partial charge in [-0.1, -0.05) is 38.1 Å². The van der Waals surface area contributed by atoms with Crippen LogP contribution in [0.25, 0.3) is 16.7 Å². The van der Waals surface area contributed by atoms with Crippen LogP contribution in [0.5, 0.6) is 11.5 Å². The van der Waals surface area contributed by atoms with Crippen molar-refractivity contribution >= 4 is 11.5 Å². The summed E-state index contributed by atoms with van der Waals surface area (Å²) in [4.78, 5) is 11.6. The van der Waals surface area contributed by atoms with Gasteiger partial charge in [0.2, 0.25) is 0 Å². The van der Waals surface area contributed by atoms with Gasteiger partial charge in [0.1, 0.15) is 23.9 Å². The summed E-state index contributed by atoms with van der Waals surface area (Å²) in [5.74, 6) is 0.113. The van der Waals surface area contributed by atoms with Gasteiger partial charge in [0, 0.05) is 11.0 Å². The maximum atomic E-state index is 15.0. The van der Waals surface area contributed by atoms with Crippen LogP contribution in [0.15, 0.2) is 60.7 Å². The molecule has 3 aliphatic rings. The molecule has 0 saturated heterocycles. The van der Waals surface area contributed by atoms with Gasteiger partial charge < -0.3 is 14.6 Å². The Morgan fingerprint density at radius 3 is 2.53 bits per heavy atom. The van der Waals surface area contributed by atoms with E-state index in [0.29, 0.717) is 17.9 Å². The van der Waals surface area contributed by atoms with E-state index in [1.165, 1.54) is 17.2 Å². The number of ether oxygens (including phenoxy) is 2. The molecule has 0 aromatic heterocycles. The number of carboxylic acids is 1. The molecule has 3 aliphatic carbocycles. The molecule has 3 aromatic rings. The van der Waals surface area contributed by atoms with Gasteiger partial charge in [-0.05, 0) is 107 Å². The van der Waals surface area contributed by atoms with Gasteiger partial charge in [0.15, 0.2) is 0 Å². The van der Waals surface area contributed by atoms with Crippen LogP contribution >= 0.6 is 0 Å². The maximum Gasteiger partial charge on any atom is 0.307 e. The van der Waals surface area contributed by atoms with Crippen molar-refractivity contribution in [3.63, 3.8) is 0 Å². The fourth-order valence-corrected chi connectivity index (χ4v) is 6.63. The number of halogens is 1. The lowest BCUT2D eigenvalue weighted by Crippen LogP contribution is -2.12. The highest BCUT2D eigenvalue weighted by Gasteiger charge is 2.61. The fourth-order valence-electron chi connectivity index (χ4n) is 6.63. The number of aliphatic carboxylic acids is 1. The molecule has 1 saturated carbocycles. The molecule has 4 nitrogen and oxygen atoms in total. The summed E-state index contributed by atoms with van der Waals surface area (Å²) in [6.45, 7) is 4.85. The summed E-state index contributed by atoms with van der Waals surface area (Å²) < 4.78 is 26.7. The number of hydrogen-bond acceptors (Lipinski definition) is 3. The molecule has 2 atom stereocenters. The first-order valence-corrected chi connectivity index (χ1v) is 13.4. The maximum absolute atomic E-state index is 15.0. The highest BCUT2D eigenvalue weighted by molar-refractivity contribution is 5.85. The third-order valence-electron chi connectivity index (χ3n) is 8.92. The summed E-state index contributed by atoms with van der Waals surface area (Å²) >= 11 is 0. The molecule has 6 rings (SSSR count). The third kappa shape index (κ3) is 4.09. The van der Waals surface area contributed by atoms with Gasteiger partial charge in [-0.3, -0.25) is 4.79 Å². The standard InChI is InChI=1S/C33H33FO4/c1-32(2)13-4-5-27(32)25-15-20(6-10-24(25)26-16-22(37-3)9-11-30(26)34)19-38-23-8-7-21-12-14-33(28(21)17-23)18-29(33)31(35)36/h5-11,15-17,29H,4,12-14,18-19H2,1-3H3,(H,35,36)/t29-,33+/m0/s1. The van der Waals surface area contributed by atoms with E-state index in [9.17, 15) is 9.90 Å². The van der Waals surface area contributed by atoms with Gasteiger partial charge in [-0.25, -0.2) is 4.39 Å². The molecular weight excluding hydrogens is 479 g/mol. The number of carboxylic acid groups (broad SMARTS) is 1. The third-order valence-corrected chi connectivity index (χ3v) is 8.92. The second kappa shape index (κ2) is 9.00. The number of methoxy groups -OCH3 is 1. The van der Waals surface area contributed by atoms with Gasteiger partial charge in [-0.2, -0.15) is 0 Å². The molecule has 3 aromatic carbocycles. The van der Waals surface area contributed by atoms with Crippen LogP contribution in [0.1, 0.15) is 61.8 Å². The Labute approximate surface area is 223 Å². The molecule has 0 amide bonds. The second-order valence-electron chi connectivity index (χ2n) is 11.6. The predicted molar refractivity (Wildman–Crippen MR) is 146 cm³/mol. The number of benzene rings is 3. The SMILES string of the molecule is COc1ccc(F)c(-c2ccc(COc3ccc4c(c3)[C@@]3(CC4)C[C@H]3C(=O)O)cc2C2=CCCC2(C)C)c1. The number of carbonyl (C=O) groups is 1. The van der Waals surface area contributed by atoms with Crippen molar-refractivity contribution in [1.29, 1.82) is 0 Å². The zero-order valence-corrected chi connectivity index (χ0v) is 22.1. The molecule has 196 valence electrons. The van der Waals surface area contributed by atoms with Crippen LogP contribution in [0.2, 0.25) is 0 Å². The van der Waals surface area contributed by atoms with Gasteiger partial charge in [-0.15, -0.1) is 0 Å². The van der Waals surface area contributed by atoms with Crippen LogP contribution in [0.4, 0.5) is 4.39 Å². The summed E-state index contributed by atoms with van der Waals surface area (Å²) in [6.07, 6.45) is 6.87. The van der Waals surface area contributed by atoms with E-state index in [4.69, 9.17) is 9.47 Å². The smallest absolute Gasteiger partial charge is 0.307 e. The molecule has 38 heavy (non-hydrogen) atoms. The Morgan fingerprint density at radius 1 is 1.00 bits per heavy atom. The van der Waals surface area contributed by atoms with E-state index >= 15 is 4.39 Å². The normalized spacial score (nSPS) is 22.7. The molecule has 1 spiro atoms. The van der Waals surface area contributed by atoms with Gasteiger partial charge >= 0.3 is 5.97 Å². The lowest BCUT2D eigenvalue weighted by Gasteiger charge is -2.25. The Morgan fingerprint density at radius 2 is 1.82 bits per heavy atom. The van der Waals surface area contributed by atoms with Crippen LogP contribution in [-0.4, -0.2) is 18.2 Å².